The van der Waals surface area contributed by atoms with Crippen LogP contribution in [0, 0.1) is 5.82 Å². The molecule has 0 aromatic heterocycles. The second kappa shape index (κ2) is 5.67. The van der Waals surface area contributed by atoms with Gasteiger partial charge in [0.1, 0.15) is 5.82 Å². The van der Waals surface area contributed by atoms with Gasteiger partial charge in [0.15, 0.2) is 0 Å². The monoisotopic (exact) mass is 252 g/mol. The molecule has 0 saturated carbocycles. The number of halogens is 1. The first-order valence-electron chi connectivity index (χ1n) is 6.43. The number of benzene rings is 1. The molecule has 3 nitrogen and oxygen atoms in total. The van der Waals surface area contributed by atoms with Crippen molar-refractivity contribution in [3.63, 3.8) is 0 Å². The molecule has 4 heteroatoms. The predicted molar refractivity (Wildman–Crippen MR) is 71.2 cm³/mol. The Morgan fingerprint density at radius 2 is 2.28 bits per heavy atom. The molecule has 18 heavy (non-hydrogen) atoms. The quantitative estimate of drug-likeness (QED) is 0.886. The molecule has 1 aromatic carbocycles. The number of hydrogen-bond acceptors (Lipinski definition) is 3. The first kappa shape index (κ1) is 13.3. The summed E-state index contributed by atoms with van der Waals surface area (Å²) >= 11 is 0. The van der Waals surface area contributed by atoms with Crippen LogP contribution in [-0.4, -0.2) is 43.2 Å². The van der Waals surface area contributed by atoms with Gasteiger partial charge < -0.3 is 14.9 Å². The van der Waals surface area contributed by atoms with E-state index < -0.39 is 0 Å². The molecule has 0 amide bonds. The molecule has 1 aliphatic rings. The highest BCUT2D eigenvalue weighted by atomic mass is 19.1. The van der Waals surface area contributed by atoms with Gasteiger partial charge in [0.05, 0.1) is 12.3 Å². The van der Waals surface area contributed by atoms with E-state index in [1.807, 2.05) is 11.9 Å². The van der Waals surface area contributed by atoms with E-state index >= 15 is 0 Å². The lowest BCUT2D eigenvalue weighted by atomic mass is 10.1. The topological polar surface area (TPSA) is 26.7 Å². The molecule has 1 heterocycles. The van der Waals surface area contributed by atoms with Crippen LogP contribution in [0.2, 0.25) is 0 Å². The summed E-state index contributed by atoms with van der Waals surface area (Å²) in [6, 6.07) is 5.33. The van der Waals surface area contributed by atoms with E-state index in [-0.39, 0.29) is 12.4 Å². The van der Waals surface area contributed by atoms with Crippen molar-refractivity contribution in [2.24, 2.45) is 0 Å². The lowest BCUT2D eigenvalue weighted by Crippen LogP contribution is -2.37. The average Bonchev–Trinajstić information content (AvgIpc) is 2.74. The van der Waals surface area contributed by atoms with E-state index in [9.17, 15) is 9.50 Å². The van der Waals surface area contributed by atoms with Gasteiger partial charge in [-0.1, -0.05) is 12.1 Å². The molecule has 1 unspecified atom stereocenters. The van der Waals surface area contributed by atoms with Crippen LogP contribution in [0.5, 0.6) is 0 Å². The minimum absolute atomic E-state index is 0.127. The first-order chi connectivity index (χ1) is 8.63. The SMILES string of the molecule is CN(CC1CCCN1C)c1c(F)cccc1CO. The second-order valence-electron chi connectivity index (χ2n) is 5.06. The standard InChI is InChI=1S/C14H21FN2O/c1-16-8-4-6-12(16)9-17(2)14-11(10-18)5-3-7-13(14)15/h3,5,7,12,18H,4,6,8-10H2,1-2H3. The Kier molecular flexibility index (Phi) is 4.19. The molecular formula is C14H21FN2O. The molecule has 100 valence electrons. The maximum Gasteiger partial charge on any atom is 0.146 e. The van der Waals surface area contributed by atoms with Gasteiger partial charge in [-0.05, 0) is 32.5 Å². The third-order valence-electron chi connectivity index (χ3n) is 3.78. The maximum absolute atomic E-state index is 13.9. The van der Waals surface area contributed by atoms with E-state index in [0.29, 0.717) is 17.3 Å². The zero-order valence-electron chi connectivity index (χ0n) is 11.1. The molecule has 1 saturated heterocycles. The number of likely N-dealkylation sites (N-methyl/N-ethyl adjacent to an activating group) is 2. The number of para-hydroxylation sites is 1. The van der Waals surface area contributed by atoms with Crippen LogP contribution in [-0.2, 0) is 6.61 Å². The molecule has 0 spiro atoms. The van der Waals surface area contributed by atoms with E-state index in [0.717, 1.165) is 19.5 Å². The van der Waals surface area contributed by atoms with Crippen LogP contribution in [0.1, 0.15) is 18.4 Å². The Bertz CT molecular complexity index is 411. The van der Waals surface area contributed by atoms with Crippen LogP contribution in [0.4, 0.5) is 10.1 Å². The summed E-state index contributed by atoms with van der Waals surface area (Å²) in [5.74, 6) is -0.260. The third-order valence-corrected chi connectivity index (χ3v) is 3.78. The number of nitrogens with zero attached hydrogens (tertiary/aromatic N) is 2. The van der Waals surface area contributed by atoms with Crippen molar-refractivity contribution in [3.8, 4) is 0 Å². The average molecular weight is 252 g/mol. The summed E-state index contributed by atoms with van der Waals surface area (Å²) < 4.78 is 13.9. The van der Waals surface area contributed by atoms with Crippen molar-refractivity contribution in [1.82, 2.24) is 4.90 Å². The lowest BCUT2D eigenvalue weighted by molar-refractivity contribution is 0.280. The number of aliphatic hydroxyl groups is 1. The maximum atomic E-state index is 13.9. The zero-order valence-corrected chi connectivity index (χ0v) is 11.1. The zero-order chi connectivity index (χ0) is 13.1. The van der Waals surface area contributed by atoms with Gasteiger partial charge in [0.25, 0.3) is 0 Å². The normalized spacial score (nSPS) is 20.3. The number of aliphatic hydroxyl groups excluding tert-OH is 1. The summed E-state index contributed by atoms with van der Waals surface area (Å²) in [4.78, 5) is 4.24. The van der Waals surface area contributed by atoms with Crippen LogP contribution in [0.15, 0.2) is 18.2 Å². The van der Waals surface area contributed by atoms with E-state index in [4.69, 9.17) is 0 Å². The molecule has 0 radical (unpaired) electrons. The van der Waals surface area contributed by atoms with E-state index in [2.05, 4.69) is 11.9 Å². The number of anilines is 1. The summed E-state index contributed by atoms with van der Waals surface area (Å²) in [6.45, 7) is 1.78. The van der Waals surface area contributed by atoms with Crippen molar-refractivity contribution >= 4 is 5.69 Å². The fraction of sp³-hybridized carbons (Fsp3) is 0.571. The second-order valence-corrected chi connectivity index (χ2v) is 5.06. The highest BCUT2D eigenvalue weighted by Crippen LogP contribution is 2.25. The van der Waals surface area contributed by atoms with E-state index in [1.165, 1.54) is 12.5 Å². The van der Waals surface area contributed by atoms with Gasteiger partial charge in [-0.25, -0.2) is 4.39 Å². The molecular weight excluding hydrogens is 231 g/mol. The first-order valence-corrected chi connectivity index (χ1v) is 6.43. The molecule has 1 aromatic rings. The highest BCUT2D eigenvalue weighted by molar-refractivity contribution is 5.54. The van der Waals surface area contributed by atoms with Gasteiger partial charge in [0.2, 0.25) is 0 Å². The predicted octanol–water partition coefficient (Wildman–Crippen LogP) is 1.85. The van der Waals surface area contributed by atoms with Crippen molar-refractivity contribution in [2.75, 3.05) is 32.1 Å². The van der Waals surface area contributed by atoms with Crippen molar-refractivity contribution in [2.45, 2.75) is 25.5 Å². The Morgan fingerprint density at radius 3 is 2.89 bits per heavy atom. The fourth-order valence-corrected chi connectivity index (χ4v) is 2.73. The van der Waals surface area contributed by atoms with Crippen LogP contribution >= 0.6 is 0 Å². The molecule has 0 bridgehead atoms. The Balaban J connectivity index is 2.15. The summed E-state index contributed by atoms with van der Waals surface area (Å²) in [5, 5.41) is 9.30. The molecule has 2 rings (SSSR count). The number of hydrogen-bond donors (Lipinski definition) is 1. The van der Waals surface area contributed by atoms with Gasteiger partial charge in [-0.15, -0.1) is 0 Å². The number of likely N-dealkylation sites (tertiary alicyclic amines) is 1. The van der Waals surface area contributed by atoms with Crippen LogP contribution < -0.4 is 4.90 Å². The number of rotatable bonds is 4. The largest absolute Gasteiger partial charge is 0.392 e. The minimum Gasteiger partial charge on any atom is -0.392 e. The molecule has 0 aliphatic carbocycles. The van der Waals surface area contributed by atoms with Gasteiger partial charge in [-0.2, -0.15) is 0 Å². The highest BCUT2D eigenvalue weighted by Gasteiger charge is 2.23. The molecule has 1 aliphatic heterocycles. The van der Waals surface area contributed by atoms with Gasteiger partial charge in [-0.3, -0.25) is 0 Å². The Morgan fingerprint density at radius 1 is 1.50 bits per heavy atom. The molecule has 1 N–H and O–H groups in total. The van der Waals surface area contributed by atoms with E-state index in [1.54, 1.807) is 12.1 Å². The third kappa shape index (κ3) is 2.65. The van der Waals surface area contributed by atoms with Crippen LogP contribution in [0.25, 0.3) is 0 Å². The van der Waals surface area contributed by atoms with Gasteiger partial charge >= 0.3 is 0 Å². The fourth-order valence-electron chi connectivity index (χ4n) is 2.73. The smallest absolute Gasteiger partial charge is 0.146 e. The van der Waals surface area contributed by atoms with Crippen molar-refractivity contribution in [3.05, 3.63) is 29.6 Å². The summed E-state index contributed by atoms with van der Waals surface area (Å²) in [7, 11) is 4.00. The van der Waals surface area contributed by atoms with Crippen molar-refractivity contribution < 1.29 is 9.50 Å². The Hall–Kier alpha value is -1.13. The molecule has 1 fully saturated rings. The van der Waals surface area contributed by atoms with Crippen molar-refractivity contribution in [1.29, 1.82) is 0 Å². The van der Waals surface area contributed by atoms with Crippen LogP contribution in [0.3, 0.4) is 0 Å². The lowest BCUT2D eigenvalue weighted by Gasteiger charge is -2.28. The Labute approximate surface area is 108 Å². The summed E-state index contributed by atoms with van der Waals surface area (Å²) in [5.41, 5.74) is 1.18. The molecule has 1 atom stereocenters. The summed E-state index contributed by atoms with van der Waals surface area (Å²) in [6.07, 6.45) is 2.36. The minimum atomic E-state index is -0.260. The van der Waals surface area contributed by atoms with Gasteiger partial charge in [0, 0.05) is 25.2 Å².